The predicted octanol–water partition coefficient (Wildman–Crippen LogP) is -2.29. The number of ether oxygens (including phenoxy) is 4. The first kappa shape index (κ1) is 39.9. The SMILES string of the molecule is COC1C2OC[C@]1(COP(=O)(O)OP(=O)(O)OP(=O)(O)OC[C@H]1O[C@@H]([n+]3cn(C)c4c(=O)[nH]c(N(C)C)nc43)C(O)[C@H]1O)O[C@H]2n1cnc2c(N)ncnc21. The van der Waals surface area contributed by atoms with Gasteiger partial charge in [-0.05, 0) is 0 Å². The minimum Gasteiger partial charge on any atom is -0.387 e. The number of aliphatic hydroxyl groups excluding tert-OH is 2. The van der Waals surface area contributed by atoms with Gasteiger partial charge in [0.2, 0.25) is 11.7 Å². The van der Waals surface area contributed by atoms with E-state index in [9.17, 15) is 43.4 Å². The number of hydrogen-bond acceptors (Lipinski definition) is 20. The molecule has 3 saturated heterocycles. The number of imidazole rings is 2. The Kier molecular flexibility index (Phi) is 10.3. The Labute approximate surface area is 307 Å². The van der Waals surface area contributed by atoms with E-state index in [0.717, 1.165) is 0 Å². The molecule has 2 bridgehead atoms. The Balaban J connectivity index is 0.976. The smallest absolute Gasteiger partial charge is 0.387 e. The molecule has 0 aliphatic carbocycles. The second-order valence-corrected chi connectivity index (χ2v) is 17.5. The van der Waals surface area contributed by atoms with Gasteiger partial charge in [0.25, 0.3) is 11.5 Å². The number of nitrogens with two attached hydrogens (primary N) is 1. The highest BCUT2D eigenvalue weighted by molar-refractivity contribution is 7.66. The summed E-state index contributed by atoms with van der Waals surface area (Å²) in [6, 6.07) is 0. The van der Waals surface area contributed by atoms with Crippen molar-refractivity contribution in [2.45, 2.75) is 48.6 Å². The van der Waals surface area contributed by atoms with Gasteiger partial charge in [-0.15, -0.1) is 0 Å². The van der Waals surface area contributed by atoms with Crippen molar-refractivity contribution >= 4 is 57.6 Å². The van der Waals surface area contributed by atoms with Gasteiger partial charge in [0, 0.05) is 21.2 Å². The lowest BCUT2D eigenvalue weighted by Crippen LogP contribution is -2.46. The van der Waals surface area contributed by atoms with E-state index in [-0.39, 0.29) is 40.7 Å². The van der Waals surface area contributed by atoms with E-state index in [0.29, 0.717) is 0 Å². The number of hydrogen-bond donors (Lipinski definition) is 7. The van der Waals surface area contributed by atoms with Gasteiger partial charge >= 0.3 is 29.1 Å². The van der Waals surface area contributed by atoms with Gasteiger partial charge in [-0.3, -0.25) is 28.0 Å². The topological polar surface area (TPSA) is 354 Å². The molecule has 11 atom stereocenters. The predicted molar refractivity (Wildman–Crippen MR) is 178 cm³/mol. The van der Waals surface area contributed by atoms with Gasteiger partial charge in [-0.1, -0.05) is 4.98 Å². The van der Waals surface area contributed by atoms with E-state index in [1.54, 1.807) is 14.1 Å². The molecule has 7 rings (SSSR count). The molecule has 0 aromatic carbocycles. The third kappa shape index (κ3) is 7.36. The second-order valence-electron chi connectivity index (χ2n) is 12.9. The number of anilines is 2. The van der Waals surface area contributed by atoms with Gasteiger partial charge in [0.05, 0.1) is 33.2 Å². The molecule has 27 nitrogen and oxygen atoms in total. The molecule has 0 radical (unpaired) electrons. The highest BCUT2D eigenvalue weighted by atomic mass is 31.3. The summed E-state index contributed by atoms with van der Waals surface area (Å²) in [5.41, 5.74) is 4.48. The Morgan fingerprint density at radius 3 is 2.49 bits per heavy atom. The van der Waals surface area contributed by atoms with Crippen LogP contribution in [0.3, 0.4) is 0 Å². The number of nitrogens with one attached hydrogen (secondary N) is 1. The van der Waals surface area contributed by atoms with Crippen LogP contribution in [0.4, 0.5) is 11.8 Å². The van der Waals surface area contributed by atoms with Gasteiger partial charge in [-0.2, -0.15) is 8.62 Å². The molecule has 0 saturated carbocycles. The summed E-state index contributed by atoms with van der Waals surface area (Å²) in [6.07, 6.45) is -5.16. The van der Waals surface area contributed by atoms with Crippen LogP contribution in [0.1, 0.15) is 12.5 Å². The molecule has 302 valence electrons. The number of H-pyrrole nitrogens is 1. The van der Waals surface area contributed by atoms with Crippen molar-refractivity contribution in [2.75, 3.05) is 51.7 Å². The van der Waals surface area contributed by atoms with Crippen molar-refractivity contribution < 1.29 is 79.8 Å². The molecule has 3 fully saturated rings. The van der Waals surface area contributed by atoms with Crippen LogP contribution in [0.5, 0.6) is 0 Å². The zero-order valence-electron chi connectivity index (χ0n) is 29.0. The van der Waals surface area contributed by atoms with Gasteiger partial charge in [0.15, 0.2) is 24.0 Å². The number of rotatable bonds is 14. The van der Waals surface area contributed by atoms with E-state index in [4.69, 9.17) is 33.7 Å². The number of aliphatic hydroxyl groups is 2. The van der Waals surface area contributed by atoms with Crippen molar-refractivity contribution in [3.63, 3.8) is 0 Å². The van der Waals surface area contributed by atoms with E-state index in [1.807, 2.05) is 0 Å². The molecule has 0 spiro atoms. The molecule has 6 unspecified atom stereocenters. The summed E-state index contributed by atoms with van der Waals surface area (Å²) >= 11 is 0. The number of phosphoric ester groups is 2. The number of aryl methyl sites for hydroxylation is 1. The molecule has 4 aromatic rings. The lowest BCUT2D eigenvalue weighted by molar-refractivity contribution is -0.745. The fourth-order valence-electron chi connectivity index (χ4n) is 6.54. The first-order valence-corrected chi connectivity index (χ1v) is 20.4. The molecular formula is C25H36N10O17P3+. The molecule has 8 N–H and O–H groups in total. The number of nitrogens with zero attached hydrogens (tertiary/aromatic N) is 8. The Morgan fingerprint density at radius 2 is 1.80 bits per heavy atom. The normalized spacial score (nSPS) is 31.2. The summed E-state index contributed by atoms with van der Waals surface area (Å²) in [4.78, 5) is 64.1. The van der Waals surface area contributed by atoms with Crippen molar-refractivity contribution in [1.29, 1.82) is 0 Å². The molecule has 3 aliphatic rings. The van der Waals surface area contributed by atoms with E-state index < -0.39 is 90.8 Å². The maximum Gasteiger partial charge on any atom is 0.490 e. The maximum absolute atomic E-state index is 12.8. The average molecular weight is 842 g/mol. The van der Waals surface area contributed by atoms with Crippen LogP contribution in [0, 0.1) is 0 Å². The number of nitrogen functional groups attached to an aromatic ring is 1. The van der Waals surface area contributed by atoms with Crippen molar-refractivity contribution in [2.24, 2.45) is 7.05 Å². The molecule has 3 aliphatic heterocycles. The van der Waals surface area contributed by atoms with Crippen LogP contribution in [0.25, 0.3) is 22.3 Å². The van der Waals surface area contributed by atoms with Crippen LogP contribution in [-0.2, 0) is 57.4 Å². The summed E-state index contributed by atoms with van der Waals surface area (Å²) in [5, 5.41) is 21.5. The Hall–Kier alpha value is -3.33. The highest BCUT2D eigenvalue weighted by Gasteiger charge is 2.64. The first-order chi connectivity index (χ1) is 25.8. The minimum atomic E-state index is -5.94. The second kappa shape index (κ2) is 14.2. The molecule has 7 heterocycles. The van der Waals surface area contributed by atoms with Crippen LogP contribution < -0.4 is 20.8 Å². The lowest BCUT2D eigenvalue weighted by atomic mass is 10.0. The highest BCUT2D eigenvalue weighted by Crippen LogP contribution is 2.68. The van der Waals surface area contributed by atoms with Gasteiger partial charge in [0.1, 0.15) is 48.0 Å². The maximum atomic E-state index is 12.8. The number of fused-ring (bicyclic) bond motifs is 4. The Bertz CT molecular complexity index is 2320. The third-order valence-corrected chi connectivity index (χ3v) is 13.2. The van der Waals surface area contributed by atoms with E-state index in [2.05, 4.69) is 33.5 Å². The summed E-state index contributed by atoms with van der Waals surface area (Å²) in [6.45, 7) is -2.07. The number of aromatic nitrogens is 8. The summed E-state index contributed by atoms with van der Waals surface area (Å²) in [5.74, 6) is 0.268. The fourth-order valence-corrected chi connectivity index (χ4v) is 10.1. The van der Waals surface area contributed by atoms with Crippen molar-refractivity contribution in [1.82, 2.24) is 34.1 Å². The monoisotopic (exact) mass is 841 g/mol. The number of aromatic amines is 1. The number of methoxy groups -OCH3 is 1. The zero-order valence-corrected chi connectivity index (χ0v) is 31.7. The largest absolute Gasteiger partial charge is 0.490 e. The summed E-state index contributed by atoms with van der Waals surface area (Å²) < 4.78 is 83.6. The molecule has 4 aromatic heterocycles. The molecule has 0 amide bonds. The van der Waals surface area contributed by atoms with Crippen molar-refractivity contribution in [3.8, 4) is 0 Å². The van der Waals surface area contributed by atoms with Gasteiger partial charge in [-0.25, -0.2) is 33.2 Å². The van der Waals surface area contributed by atoms with E-state index >= 15 is 0 Å². The first-order valence-electron chi connectivity index (χ1n) is 15.9. The van der Waals surface area contributed by atoms with Crippen molar-refractivity contribution in [3.05, 3.63) is 29.3 Å². The van der Waals surface area contributed by atoms with Crippen LogP contribution >= 0.6 is 23.5 Å². The van der Waals surface area contributed by atoms with Crippen LogP contribution in [0.15, 0.2) is 23.8 Å². The quantitative estimate of drug-likeness (QED) is 0.0519. The lowest BCUT2D eigenvalue weighted by Gasteiger charge is -2.31. The fraction of sp³-hybridized carbons (Fsp3) is 0.600. The third-order valence-electron chi connectivity index (χ3n) is 8.97. The average Bonchev–Trinajstić information content (AvgIpc) is 3.89. The number of phosphoric acid groups is 3. The summed E-state index contributed by atoms with van der Waals surface area (Å²) in [7, 11) is -11.1. The van der Waals surface area contributed by atoms with E-state index in [1.165, 1.54) is 51.7 Å². The standard InChI is InChI=1S/C25H35N10O17P3/c1-32(2)24-30-20-13(21(38)31-24)33(3)10-35(20)22-15(37)14(36)11(49-22)5-47-53(39,40)51-55(43,44)52-54(41,42)48-7-25-6-46-16(17(25)45-4)23(50-25)34-9-29-12-18(26)27-8-28-19(12)34/h8-11,14-17,22-23,36-37H,5-7H2,1-4H3,(H5-,26,27,28,30,31,38,39,40,41,42,43,44)/p+1/t11-,14+,15?,16?,17?,22-,23-,25-/m1/s1. The minimum absolute atomic E-state index is 0.0578. The van der Waals surface area contributed by atoms with Crippen LogP contribution in [0.2, 0.25) is 0 Å². The zero-order chi connectivity index (χ0) is 39.8. The Morgan fingerprint density at radius 1 is 1.09 bits per heavy atom. The molecule has 30 heteroatoms. The van der Waals surface area contributed by atoms with Crippen LogP contribution in [-0.4, -0.2) is 136 Å². The molecular weight excluding hydrogens is 805 g/mol. The molecule has 55 heavy (non-hydrogen) atoms. The van der Waals surface area contributed by atoms with Gasteiger partial charge < -0.3 is 54.5 Å².